The molecule has 0 aromatic carbocycles. The smallest absolute Gasteiger partial charge is 0.339 e. The molecular weight excluding hydrogens is 186 g/mol. The van der Waals surface area contributed by atoms with Gasteiger partial charge in [-0.2, -0.15) is 5.10 Å². The lowest BCUT2D eigenvalue weighted by molar-refractivity contribution is 0.0697. The molecule has 0 spiro atoms. The normalized spacial score (nSPS) is 9.79. The van der Waals surface area contributed by atoms with E-state index in [0.717, 1.165) is 0 Å². The van der Waals surface area contributed by atoms with Crippen LogP contribution in [0.1, 0.15) is 10.4 Å². The van der Waals surface area contributed by atoms with E-state index in [-0.39, 0.29) is 11.4 Å². The van der Waals surface area contributed by atoms with Crippen molar-refractivity contribution in [2.75, 3.05) is 25.6 Å². The van der Waals surface area contributed by atoms with Gasteiger partial charge in [-0.25, -0.2) is 4.79 Å². The number of nitrogens with zero attached hydrogens (tertiary/aromatic N) is 2. The van der Waals surface area contributed by atoms with Gasteiger partial charge in [-0.3, -0.25) is 0 Å². The number of aromatic carboxylic acids is 1. The highest BCUT2D eigenvalue weighted by molar-refractivity contribution is 5.92. The van der Waals surface area contributed by atoms with E-state index in [0.29, 0.717) is 13.2 Å². The van der Waals surface area contributed by atoms with E-state index in [1.165, 1.54) is 12.3 Å². The van der Waals surface area contributed by atoms with E-state index >= 15 is 0 Å². The minimum Gasteiger partial charge on any atom is -0.478 e. The van der Waals surface area contributed by atoms with Gasteiger partial charge in [0.05, 0.1) is 12.8 Å². The van der Waals surface area contributed by atoms with Gasteiger partial charge in [0.25, 0.3) is 0 Å². The molecule has 76 valence electrons. The van der Waals surface area contributed by atoms with E-state index in [9.17, 15) is 4.79 Å². The summed E-state index contributed by atoms with van der Waals surface area (Å²) in [6.07, 6.45) is 1.34. The molecule has 0 fully saturated rings. The lowest BCUT2D eigenvalue weighted by Crippen LogP contribution is -2.13. The first-order chi connectivity index (χ1) is 6.75. The Kier molecular flexibility index (Phi) is 3.81. The van der Waals surface area contributed by atoms with Crippen molar-refractivity contribution in [1.82, 2.24) is 10.2 Å². The summed E-state index contributed by atoms with van der Waals surface area (Å²) in [6, 6.07) is 1.39. The van der Waals surface area contributed by atoms with Gasteiger partial charge in [-0.15, -0.1) is 5.10 Å². The third kappa shape index (κ3) is 2.67. The summed E-state index contributed by atoms with van der Waals surface area (Å²) in [5.41, 5.74) is 0.108. The van der Waals surface area contributed by atoms with Crippen molar-refractivity contribution in [2.24, 2.45) is 0 Å². The third-order valence-electron chi connectivity index (χ3n) is 1.55. The molecule has 1 aromatic rings. The Labute approximate surface area is 80.9 Å². The van der Waals surface area contributed by atoms with Crippen LogP contribution in [0, 0.1) is 0 Å². The fraction of sp³-hybridized carbons (Fsp3) is 0.375. The second-order valence-electron chi connectivity index (χ2n) is 2.52. The molecule has 6 nitrogen and oxygen atoms in total. The number of anilines is 1. The van der Waals surface area contributed by atoms with Crippen molar-refractivity contribution in [3.63, 3.8) is 0 Å². The Balaban J connectivity index is 2.69. The van der Waals surface area contributed by atoms with E-state index in [2.05, 4.69) is 15.5 Å². The van der Waals surface area contributed by atoms with Crippen LogP contribution in [0.5, 0.6) is 0 Å². The summed E-state index contributed by atoms with van der Waals surface area (Å²) in [7, 11) is 1.57. The Morgan fingerprint density at radius 2 is 2.50 bits per heavy atom. The fourth-order valence-electron chi connectivity index (χ4n) is 0.906. The van der Waals surface area contributed by atoms with Crippen LogP contribution in [-0.4, -0.2) is 41.5 Å². The zero-order valence-electron chi connectivity index (χ0n) is 7.73. The fourth-order valence-corrected chi connectivity index (χ4v) is 0.906. The molecule has 0 saturated heterocycles. The van der Waals surface area contributed by atoms with Gasteiger partial charge in [0.1, 0.15) is 5.56 Å². The van der Waals surface area contributed by atoms with Gasteiger partial charge >= 0.3 is 5.97 Å². The molecular formula is C8H11N3O3. The highest BCUT2D eigenvalue weighted by Gasteiger charge is 2.09. The highest BCUT2D eigenvalue weighted by atomic mass is 16.5. The summed E-state index contributed by atoms with van der Waals surface area (Å²) in [5.74, 6) is -0.767. The SMILES string of the molecule is COCCNc1nnccc1C(=O)O. The highest BCUT2D eigenvalue weighted by Crippen LogP contribution is 2.08. The first-order valence-corrected chi connectivity index (χ1v) is 4.03. The largest absolute Gasteiger partial charge is 0.478 e. The maximum absolute atomic E-state index is 10.7. The minimum absolute atomic E-state index is 0.108. The lowest BCUT2D eigenvalue weighted by atomic mass is 10.3. The predicted octanol–water partition coefficient (Wildman–Crippen LogP) is 0.233. The molecule has 0 aliphatic heterocycles. The molecule has 0 saturated carbocycles. The van der Waals surface area contributed by atoms with Crippen LogP contribution in [0.15, 0.2) is 12.3 Å². The summed E-state index contributed by atoms with van der Waals surface area (Å²) in [6.45, 7) is 0.977. The maximum atomic E-state index is 10.7. The molecule has 0 aliphatic carbocycles. The number of carboxylic acid groups (broad SMARTS) is 1. The molecule has 1 rings (SSSR count). The van der Waals surface area contributed by atoms with Crippen LogP contribution in [0.2, 0.25) is 0 Å². The standard InChI is InChI=1S/C8H11N3O3/c1-14-5-4-9-7-6(8(12)13)2-3-10-11-7/h2-3H,4-5H2,1H3,(H,9,11)(H,12,13). The van der Waals surface area contributed by atoms with E-state index in [4.69, 9.17) is 9.84 Å². The Hall–Kier alpha value is -1.69. The maximum Gasteiger partial charge on any atom is 0.339 e. The average molecular weight is 197 g/mol. The molecule has 0 aliphatic rings. The van der Waals surface area contributed by atoms with Gasteiger partial charge in [-0.05, 0) is 6.07 Å². The van der Waals surface area contributed by atoms with Crippen LogP contribution in [0.3, 0.4) is 0 Å². The molecule has 0 amide bonds. The topological polar surface area (TPSA) is 84.3 Å². The summed E-state index contributed by atoms with van der Waals surface area (Å²) in [5, 5.41) is 18.9. The Morgan fingerprint density at radius 1 is 1.71 bits per heavy atom. The number of methoxy groups -OCH3 is 1. The van der Waals surface area contributed by atoms with E-state index in [1.807, 2.05) is 0 Å². The van der Waals surface area contributed by atoms with Crippen molar-refractivity contribution in [3.05, 3.63) is 17.8 Å². The molecule has 1 heterocycles. The van der Waals surface area contributed by atoms with Gasteiger partial charge in [0, 0.05) is 13.7 Å². The molecule has 1 aromatic heterocycles. The van der Waals surface area contributed by atoms with E-state index in [1.54, 1.807) is 7.11 Å². The first-order valence-electron chi connectivity index (χ1n) is 4.03. The Morgan fingerprint density at radius 3 is 3.14 bits per heavy atom. The number of hydrogen-bond acceptors (Lipinski definition) is 5. The van der Waals surface area contributed by atoms with Gasteiger partial charge in [0.15, 0.2) is 5.82 Å². The van der Waals surface area contributed by atoms with Gasteiger partial charge < -0.3 is 15.2 Å². The van der Waals surface area contributed by atoms with Crippen molar-refractivity contribution in [2.45, 2.75) is 0 Å². The van der Waals surface area contributed by atoms with Crippen molar-refractivity contribution >= 4 is 11.8 Å². The molecule has 6 heteroatoms. The number of hydrogen-bond donors (Lipinski definition) is 2. The average Bonchev–Trinajstić information content (AvgIpc) is 2.19. The zero-order chi connectivity index (χ0) is 10.4. The molecule has 0 unspecified atom stereocenters. The summed E-state index contributed by atoms with van der Waals surface area (Å²) < 4.78 is 4.81. The van der Waals surface area contributed by atoms with Crippen LogP contribution in [0.4, 0.5) is 5.82 Å². The minimum atomic E-state index is -1.03. The number of ether oxygens (including phenoxy) is 1. The van der Waals surface area contributed by atoms with Crippen molar-refractivity contribution < 1.29 is 14.6 Å². The van der Waals surface area contributed by atoms with E-state index < -0.39 is 5.97 Å². The summed E-state index contributed by atoms with van der Waals surface area (Å²) in [4.78, 5) is 10.7. The predicted molar refractivity (Wildman–Crippen MR) is 49.4 cm³/mol. The number of nitrogens with one attached hydrogen (secondary N) is 1. The second kappa shape index (κ2) is 5.13. The van der Waals surface area contributed by atoms with Crippen LogP contribution in [-0.2, 0) is 4.74 Å². The third-order valence-corrected chi connectivity index (χ3v) is 1.55. The van der Waals surface area contributed by atoms with Gasteiger partial charge in [-0.1, -0.05) is 0 Å². The second-order valence-corrected chi connectivity index (χ2v) is 2.52. The van der Waals surface area contributed by atoms with Crippen molar-refractivity contribution in [3.8, 4) is 0 Å². The van der Waals surface area contributed by atoms with Crippen LogP contribution in [0.25, 0.3) is 0 Å². The number of aromatic nitrogens is 2. The first kappa shape index (κ1) is 10.4. The molecule has 0 bridgehead atoms. The molecule has 14 heavy (non-hydrogen) atoms. The number of rotatable bonds is 5. The summed E-state index contributed by atoms with van der Waals surface area (Å²) >= 11 is 0. The molecule has 0 radical (unpaired) electrons. The van der Waals surface area contributed by atoms with Crippen LogP contribution >= 0.6 is 0 Å². The number of carbonyl (C=O) groups is 1. The number of carboxylic acids is 1. The van der Waals surface area contributed by atoms with Gasteiger partial charge in [0.2, 0.25) is 0 Å². The molecule has 2 N–H and O–H groups in total. The lowest BCUT2D eigenvalue weighted by Gasteiger charge is -2.05. The molecule has 0 atom stereocenters. The zero-order valence-corrected chi connectivity index (χ0v) is 7.73. The van der Waals surface area contributed by atoms with Crippen LogP contribution < -0.4 is 5.32 Å². The quantitative estimate of drug-likeness (QED) is 0.657. The van der Waals surface area contributed by atoms with Crippen molar-refractivity contribution in [1.29, 1.82) is 0 Å². The monoisotopic (exact) mass is 197 g/mol. The Bertz CT molecular complexity index is 316.